The van der Waals surface area contributed by atoms with Crippen molar-refractivity contribution in [2.45, 2.75) is 29.5 Å². The first kappa shape index (κ1) is 19.1. The van der Waals surface area contributed by atoms with Crippen LogP contribution in [0, 0.1) is 0 Å². The molecule has 9 heteroatoms. The summed E-state index contributed by atoms with van der Waals surface area (Å²) in [4.78, 5) is 25.9. The number of sulfone groups is 1. The lowest BCUT2D eigenvalue weighted by molar-refractivity contribution is -0.132. The van der Waals surface area contributed by atoms with E-state index in [0.717, 1.165) is 4.68 Å². The van der Waals surface area contributed by atoms with E-state index < -0.39 is 15.1 Å². The Morgan fingerprint density at radius 2 is 1.85 bits per heavy atom. The van der Waals surface area contributed by atoms with Gasteiger partial charge in [0, 0.05) is 25.4 Å². The van der Waals surface area contributed by atoms with Crippen LogP contribution in [0.15, 0.2) is 52.3 Å². The third-order valence-electron chi connectivity index (χ3n) is 4.69. The highest BCUT2D eigenvalue weighted by atomic mass is 32.2. The van der Waals surface area contributed by atoms with E-state index in [-0.39, 0.29) is 22.9 Å². The summed E-state index contributed by atoms with van der Waals surface area (Å²) >= 11 is 0. The van der Waals surface area contributed by atoms with Gasteiger partial charge in [0.05, 0.1) is 17.3 Å². The number of rotatable bonds is 5. The highest BCUT2D eigenvalue weighted by molar-refractivity contribution is 7.92. The number of hydrogen-bond acceptors (Lipinski definition) is 6. The van der Waals surface area contributed by atoms with Gasteiger partial charge in [-0.15, -0.1) is 0 Å². The van der Waals surface area contributed by atoms with Crippen LogP contribution in [0.2, 0.25) is 0 Å². The summed E-state index contributed by atoms with van der Waals surface area (Å²) in [6.07, 6.45) is 2.16. The smallest absolute Gasteiger partial charge is 0.267 e. The van der Waals surface area contributed by atoms with Gasteiger partial charge in [0.25, 0.3) is 5.56 Å². The summed E-state index contributed by atoms with van der Waals surface area (Å²) in [6.45, 7) is 0.524. The highest BCUT2D eigenvalue weighted by Gasteiger charge is 2.32. The fourth-order valence-corrected chi connectivity index (χ4v) is 4.84. The minimum absolute atomic E-state index is 0.143. The minimum atomic E-state index is -3.46. The van der Waals surface area contributed by atoms with Crippen LogP contribution in [-0.2, 0) is 21.2 Å². The number of amides is 1. The number of methoxy groups -OCH3 is 1. The summed E-state index contributed by atoms with van der Waals surface area (Å²) in [5, 5.41) is 3.34. The lowest BCUT2D eigenvalue weighted by atomic mass is 10.1. The monoisotopic (exact) mass is 391 g/mol. The van der Waals surface area contributed by atoms with Crippen molar-refractivity contribution in [2.24, 2.45) is 0 Å². The van der Waals surface area contributed by atoms with Crippen LogP contribution in [0.4, 0.5) is 0 Å². The molecule has 0 N–H and O–H groups in total. The highest BCUT2D eigenvalue weighted by Crippen LogP contribution is 2.26. The first-order valence-electron chi connectivity index (χ1n) is 8.59. The number of aromatic nitrogens is 2. The average Bonchev–Trinajstić information content (AvgIpc) is 2.70. The summed E-state index contributed by atoms with van der Waals surface area (Å²) in [6, 6.07) is 9.18. The first-order valence-corrected chi connectivity index (χ1v) is 10.1. The average molecular weight is 391 g/mol. The van der Waals surface area contributed by atoms with E-state index in [1.807, 2.05) is 0 Å². The molecule has 0 aliphatic carbocycles. The number of piperidine rings is 1. The van der Waals surface area contributed by atoms with Crippen molar-refractivity contribution in [3.63, 3.8) is 0 Å². The van der Waals surface area contributed by atoms with Crippen molar-refractivity contribution in [2.75, 3.05) is 20.2 Å². The van der Waals surface area contributed by atoms with Crippen molar-refractivity contribution in [3.05, 3.63) is 52.9 Å². The van der Waals surface area contributed by atoms with E-state index in [1.165, 1.54) is 25.4 Å². The zero-order chi connectivity index (χ0) is 19.4. The molecule has 0 bridgehead atoms. The minimum Gasteiger partial charge on any atom is -0.497 e. The summed E-state index contributed by atoms with van der Waals surface area (Å²) < 4.78 is 31.8. The van der Waals surface area contributed by atoms with Crippen LogP contribution in [0.5, 0.6) is 5.75 Å². The van der Waals surface area contributed by atoms with Crippen LogP contribution in [0.25, 0.3) is 0 Å². The number of ether oxygens (including phenoxy) is 1. The van der Waals surface area contributed by atoms with Gasteiger partial charge in [-0.1, -0.05) is 0 Å². The number of carbonyl (C=O) groups is 1. The van der Waals surface area contributed by atoms with Gasteiger partial charge < -0.3 is 9.64 Å². The van der Waals surface area contributed by atoms with E-state index in [1.54, 1.807) is 29.2 Å². The van der Waals surface area contributed by atoms with Crippen molar-refractivity contribution >= 4 is 15.7 Å². The summed E-state index contributed by atoms with van der Waals surface area (Å²) in [5.74, 6) is 0.357. The fraction of sp³-hybridized carbons (Fsp3) is 0.389. The Morgan fingerprint density at radius 1 is 1.19 bits per heavy atom. The molecule has 1 aromatic heterocycles. The SMILES string of the molecule is COc1ccc(S(=O)(=O)C2CCN(C(=O)Cn3ncccc3=O)CC2)cc1. The molecule has 144 valence electrons. The van der Waals surface area contributed by atoms with Crippen molar-refractivity contribution in [1.29, 1.82) is 0 Å². The summed E-state index contributed by atoms with van der Waals surface area (Å²) in [5.41, 5.74) is -0.345. The molecule has 2 heterocycles. The molecule has 0 saturated carbocycles. The molecule has 1 aliphatic heterocycles. The zero-order valence-corrected chi connectivity index (χ0v) is 15.8. The molecule has 1 fully saturated rings. The maximum absolute atomic E-state index is 12.8. The molecular formula is C18H21N3O5S. The number of hydrogen-bond donors (Lipinski definition) is 0. The van der Waals surface area contributed by atoms with E-state index in [9.17, 15) is 18.0 Å². The third kappa shape index (κ3) is 4.19. The van der Waals surface area contributed by atoms with Crippen LogP contribution < -0.4 is 10.3 Å². The second kappa shape index (κ2) is 7.91. The van der Waals surface area contributed by atoms with Gasteiger partial charge in [0.2, 0.25) is 5.91 Å². The van der Waals surface area contributed by atoms with Gasteiger partial charge >= 0.3 is 0 Å². The predicted octanol–water partition coefficient (Wildman–Crippen LogP) is 0.717. The molecule has 27 heavy (non-hydrogen) atoms. The molecular weight excluding hydrogens is 370 g/mol. The molecule has 2 aromatic rings. The third-order valence-corrected chi connectivity index (χ3v) is 6.97. The lowest BCUT2D eigenvalue weighted by Gasteiger charge is -2.31. The molecule has 0 spiro atoms. The van der Waals surface area contributed by atoms with Gasteiger partial charge in [-0.25, -0.2) is 13.1 Å². The Morgan fingerprint density at radius 3 is 2.44 bits per heavy atom. The largest absolute Gasteiger partial charge is 0.497 e. The van der Waals surface area contributed by atoms with Crippen LogP contribution in [0.3, 0.4) is 0 Å². The van der Waals surface area contributed by atoms with Gasteiger partial charge in [0.1, 0.15) is 12.3 Å². The van der Waals surface area contributed by atoms with E-state index >= 15 is 0 Å². The number of carbonyl (C=O) groups excluding carboxylic acids is 1. The number of likely N-dealkylation sites (tertiary alicyclic amines) is 1. The molecule has 1 aliphatic rings. The molecule has 3 rings (SSSR count). The van der Waals surface area contributed by atoms with Gasteiger partial charge in [-0.2, -0.15) is 5.10 Å². The quantitative estimate of drug-likeness (QED) is 0.745. The molecule has 1 aromatic carbocycles. The predicted molar refractivity (Wildman–Crippen MR) is 98.3 cm³/mol. The van der Waals surface area contributed by atoms with E-state index in [4.69, 9.17) is 4.74 Å². The fourth-order valence-electron chi connectivity index (χ4n) is 3.11. The lowest BCUT2D eigenvalue weighted by Crippen LogP contribution is -2.44. The zero-order valence-electron chi connectivity index (χ0n) is 14.9. The molecule has 0 atom stereocenters. The first-order chi connectivity index (χ1) is 12.9. The summed E-state index contributed by atoms with van der Waals surface area (Å²) in [7, 11) is -1.94. The molecule has 8 nitrogen and oxygen atoms in total. The molecule has 0 radical (unpaired) electrons. The Kier molecular flexibility index (Phi) is 5.59. The molecule has 1 saturated heterocycles. The van der Waals surface area contributed by atoms with Crippen LogP contribution in [0.1, 0.15) is 12.8 Å². The van der Waals surface area contributed by atoms with Crippen molar-refractivity contribution in [3.8, 4) is 5.75 Å². The Balaban J connectivity index is 1.63. The standard InChI is InChI=1S/C18H21N3O5S/c1-26-14-4-6-15(7-5-14)27(24,25)16-8-11-20(12-9-16)18(23)13-21-17(22)3-2-10-19-21/h2-7,10,16H,8-9,11-13H2,1H3. The molecule has 1 amide bonds. The number of benzene rings is 1. The van der Waals surface area contributed by atoms with Gasteiger partial charge in [0.15, 0.2) is 9.84 Å². The van der Waals surface area contributed by atoms with Gasteiger partial charge in [-0.05, 0) is 43.2 Å². The van der Waals surface area contributed by atoms with Crippen LogP contribution >= 0.6 is 0 Å². The Labute approximate surface area is 157 Å². The second-order valence-corrected chi connectivity index (χ2v) is 8.55. The van der Waals surface area contributed by atoms with Crippen molar-refractivity contribution in [1.82, 2.24) is 14.7 Å². The molecule has 0 unspecified atom stereocenters. The maximum Gasteiger partial charge on any atom is 0.267 e. The Bertz CT molecular complexity index is 961. The van der Waals surface area contributed by atoms with Crippen molar-refractivity contribution < 1.29 is 17.9 Å². The van der Waals surface area contributed by atoms with E-state index in [2.05, 4.69) is 5.10 Å². The Hall–Kier alpha value is -2.68. The number of nitrogens with zero attached hydrogens (tertiary/aromatic N) is 3. The van der Waals surface area contributed by atoms with E-state index in [0.29, 0.717) is 31.7 Å². The normalized spacial score (nSPS) is 15.5. The maximum atomic E-state index is 12.8. The van der Waals surface area contributed by atoms with Gasteiger partial charge in [-0.3, -0.25) is 9.59 Å². The van der Waals surface area contributed by atoms with Crippen LogP contribution in [-0.4, -0.2) is 54.5 Å². The topological polar surface area (TPSA) is 98.6 Å². The second-order valence-electron chi connectivity index (χ2n) is 6.32.